The van der Waals surface area contributed by atoms with Crippen LogP contribution < -0.4 is 0 Å². The second-order valence-corrected chi connectivity index (χ2v) is 5.12. The van der Waals surface area contributed by atoms with Crippen LogP contribution in [0.4, 0.5) is 0 Å². The fourth-order valence-electron chi connectivity index (χ4n) is 2.10. The van der Waals surface area contributed by atoms with Crippen LogP contribution in [0.25, 0.3) is 0 Å². The molecule has 0 saturated heterocycles. The molecule has 2 atom stereocenters. The van der Waals surface area contributed by atoms with E-state index in [4.69, 9.17) is 4.74 Å². The number of carbonyl (C=O) groups excluding carboxylic acids is 1. The number of halogens is 1. The Morgan fingerprint density at radius 1 is 1.56 bits per heavy atom. The molecule has 16 heavy (non-hydrogen) atoms. The predicted octanol–water partition coefficient (Wildman–Crippen LogP) is 3.42. The van der Waals surface area contributed by atoms with E-state index in [1.807, 2.05) is 13.0 Å². The minimum atomic E-state index is -0.0465. The van der Waals surface area contributed by atoms with E-state index < -0.39 is 0 Å². The molecule has 0 spiro atoms. The fraction of sp³-hybridized carbons (Fsp3) is 0.462. The highest BCUT2D eigenvalue weighted by Crippen LogP contribution is 2.49. The predicted molar refractivity (Wildman–Crippen MR) is 66.4 cm³/mol. The number of aryl methyl sites for hydroxylation is 1. The van der Waals surface area contributed by atoms with E-state index in [2.05, 4.69) is 35.0 Å². The molecule has 2 rings (SSSR count). The smallest absolute Gasteiger partial charge is 0.309 e. The summed E-state index contributed by atoms with van der Waals surface area (Å²) in [6.07, 6.45) is 0.932. The van der Waals surface area contributed by atoms with Crippen LogP contribution in [0, 0.1) is 12.8 Å². The van der Waals surface area contributed by atoms with Crippen molar-refractivity contribution < 1.29 is 9.53 Å². The van der Waals surface area contributed by atoms with Gasteiger partial charge in [-0.05, 0) is 49.4 Å². The van der Waals surface area contributed by atoms with Crippen molar-refractivity contribution >= 4 is 21.9 Å². The molecule has 0 bridgehead atoms. The minimum Gasteiger partial charge on any atom is -0.466 e. The van der Waals surface area contributed by atoms with Gasteiger partial charge in [0.25, 0.3) is 0 Å². The van der Waals surface area contributed by atoms with Crippen LogP contribution in [0.5, 0.6) is 0 Å². The maximum Gasteiger partial charge on any atom is 0.309 e. The molecule has 0 aromatic heterocycles. The average Bonchev–Trinajstić information content (AvgIpc) is 2.98. The molecule has 0 N–H and O–H groups in total. The minimum absolute atomic E-state index is 0.0465. The molecule has 1 aliphatic rings. The van der Waals surface area contributed by atoms with Gasteiger partial charge in [0.05, 0.1) is 12.5 Å². The lowest BCUT2D eigenvalue weighted by atomic mass is 10.0. The molecule has 1 aliphatic carbocycles. The van der Waals surface area contributed by atoms with Crippen LogP contribution in [0.3, 0.4) is 0 Å². The van der Waals surface area contributed by atoms with Crippen molar-refractivity contribution in [2.24, 2.45) is 5.92 Å². The number of benzene rings is 1. The lowest BCUT2D eigenvalue weighted by molar-refractivity contribution is -0.144. The van der Waals surface area contributed by atoms with Crippen LogP contribution in [0.15, 0.2) is 22.7 Å². The zero-order chi connectivity index (χ0) is 11.7. The molecule has 1 fully saturated rings. The Labute approximate surface area is 104 Å². The lowest BCUT2D eigenvalue weighted by Gasteiger charge is -2.05. The van der Waals surface area contributed by atoms with Crippen LogP contribution in [0.1, 0.15) is 30.4 Å². The van der Waals surface area contributed by atoms with Crippen LogP contribution >= 0.6 is 15.9 Å². The second-order valence-electron chi connectivity index (χ2n) is 4.20. The van der Waals surface area contributed by atoms with E-state index in [9.17, 15) is 4.79 Å². The molecule has 0 amide bonds. The molecule has 86 valence electrons. The van der Waals surface area contributed by atoms with E-state index in [-0.39, 0.29) is 11.9 Å². The Morgan fingerprint density at radius 2 is 2.31 bits per heavy atom. The summed E-state index contributed by atoms with van der Waals surface area (Å²) in [6, 6.07) is 6.22. The number of esters is 1. The van der Waals surface area contributed by atoms with Gasteiger partial charge in [0, 0.05) is 4.47 Å². The van der Waals surface area contributed by atoms with Crippen molar-refractivity contribution in [1.29, 1.82) is 0 Å². The molecule has 2 nitrogen and oxygen atoms in total. The molecule has 1 aromatic rings. The van der Waals surface area contributed by atoms with E-state index in [1.54, 1.807) is 0 Å². The third kappa shape index (κ3) is 2.29. The zero-order valence-electron chi connectivity index (χ0n) is 9.50. The van der Waals surface area contributed by atoms with E-state index in [1.165, 1.54) is 11.1 Å². The summed E-state index contributed by atoms with van der Waals surface area (Å²) in [5, 5.41) is 0. The molecular formula is C13H15BrO2. The number of rotatable bonds is 3. The number of hydrogen-bond acceptors (Lipinski definition) is 2. The Hall–Kier alpha value is -0.830. The molecule has 2 unspecified atom stereocenters. The highest BCUT2D eigenvalue weighted by molar-refractivity contribution is 9.10. The topological polar surface area (TPSA) is 26.3 Å². The van der Waals surface area contributed by atoms with Gasteiger partial charge in [-0.2, -0.15) is 0 Å². The van der Waals surface area contributed by atoms with Crippen molar-refractivity contribution in [2.75, 3.05) is 6.61 Å². The fourth-order valence-corrected chi connectivity index (χ4v) is 2.58. The summed E-state index contributed by atoms with van der Waals surface area (Å²) in [4.78, 5) is 11.5. The number of ether oxygens (including phenoxy) is 1. The molecular weight excluding hydrogens is 268 g/mol. The first-order valence-corrected chi connectivity index (χ1v) is 6.35. The monoisotopic (exact) mass is 282 g/mol. The Bertz CT molecular complexity index is 414. The highest BCUT2D eigenvalue weighted by atomic mass is 79.9. The van der Waals surface area contributed by atoms with Gasteiger partial charge in [-0.1, -0.05) is 22.0 Å². The van der Waals surface area contributed by atoms with Gasteiger partial charge in [-0.25, -0.2) is 0 Å². The maximum atomic E-state index is 11.5. The van der Waals surface area contributed by atoms with Crippen molar-refractivity contribution in [3.63, 3.8) is 0 Å². The molecule has 3 heteroatoms. The number of hydrogen-bond donors (Lipinski definition) is 0. The third-order valence-electron chi connectivity index (χ3n) is 3.01. The summed E-state index contributed by atoms with van der Waals surface area (Å²) in [6.45, 7) is 4.40. The quantitative estimate of drug-likeness (QED) is 0.794. The highest BCUT2D eigenvalue weighted by Gasteiger charge is 2.45. The molecule has 0 heterocycles. The average molecular weight is 283 g/mol. The van der Waals surface area contributed by atoms with Crippen molar-refractivity contribution in [3.8, 4) is 0 Å². The third-order valence-corrected chi connectivity index (χ3v) is 3.50. The number of carbonyl (C=O) groups is 1. The second kappa shape index (κ2) is 4.58. The first-order valence-electron chi connectivity index (χ1n) is 5.56. The largest absolute Gasteiger partial charge is 0.466 e. The van der Waals surface area contributed by atoms with Crippen LogP contribution in [0.2, 0.25) is 0 Å². The van der Waals surface area contributed by atoms with Gasteiger partial charge in [0.2, 0.25) is 0 Å². The van der Waals surface area contributed by atoms with Crippen molar-refractivity contribution in [1.82, 2.24) is 0 Å². The molecule has 0 radical (unpaired) electrons. The molecule has 1 aromatic carbocycles. The normalized spacial score (nSPS) is 22.9. The molecule has 0 aliphatic heterocycles. The van der Waals surface area contributed by atoms with Crippen molar-refractivity contribution in [3.05, 3.63) is 33.8 Å². The van der Waals surface area contributed by atoms with Gasteiger partial charge in [0.1, 0.15) is 0 Å². The Kier molecular flexibility index (Phi) is 3.33. The van der Waals surface area contributed by atoms with Gasteiger partial charge < -0.3 is 4.74 Å². The summed E-state index contributed by atoms with van der Waals surface area (Å²) < 4.78 is 6.12. The Morgan fingerprint density at radius 3 is 2.94 bits per heavy atom. The summed E-state index contributed by atoms with van der Waals surface area (Å²) in [7, 11) is 0. The van der Waals surface area contributed by atoms with Gasteiger partial charge in [-0.3, -0.25) is 4.79 Å². The summed E-state index contributed by atoms with van der Waals surface area (Å²) in [5.41, 5.74) is 2.52. The van der Waals surface area contributed by atoms with Crippen molar-refractivity contribution in [2.45, 2.75) is 26.2 Å². The van der Waals surface area contributed by atoms with Gasteiger partial charge in [0.15, 0.2) is 0 Å². The Balaban J connectivity index is 2.08. The lowest BCUT2D eigenvalue weighted by Crippen LogP contribution is -2.07. The van der Waals surface area contributed by atoms with Gasteiger partial charge >= 0.3 is 5.97 Å². The maximum absolute atomic E-state index is 11.5. The molecule has 1 saturated carbocycles. The standard InChI is InChI=1S/C13H15BrO2/c1-3-16-13(15)12-7-11(12)10-5-4-9(14)6-8(10)2/h4-6,11-12H,3,7H2,1-2H3. The summed E-state index contributed by atoms with van der Waals surface area (Å²) in [5.74, 6) is 0.404. The first-order chi connectivity index (χ1) is 7.63. The van der Waals surface area contributed by atoms with Crippen LogP contribution in [-0.4, -0.2) is 12.6 Å². The van der Waals surface area contributed by atoms with E-state index in [0.717, 1.165) is 10.9 Å². The van der Waals surface area contributed by atoms with Crippen LogP contribution in [-0.2, 0) is 9.53 Å². The zero-order valence-corrected chi connectivity index (χ0v) is 11.1. The van der Waals surface area contributed by atoms with Gasteiger partial charge in [-0.15, -0.1) is 0 Å². The van der Waals surface area contributed by atoms with E-state index in [0.29, 0.717) is 12.5 Å². The summed E-state index contributed by atoms with van der Waals surface area (Å²) >= 11 is 3.44. The first kappa shape index (κ1) is 11.6. The van der Waals surface area contributed by atoms with E-state index >= 15 is 0 Å². The SMILES string of the molecule is CCOC(=O)C1CC1c1ccc(Br)cc1C.